The van der Waals surface area contributed by atoms with Crippen molar-refractivity contribution in [1.82, 2.24) is 15.1 Å². The highest BCUT2D eigenvalue weighted by molar-refractivity contribution is 5.80. The Morgan fingerprint density at radius 3 is 2.48 bits per heavy atom. The van der Waals surface area contributed by atoms with Gasteiger partial charge in [-0.05, 0) is 49.1 Å². The normalized spacial score (nSPS) is 20.9. The predicted molar refractivity (Wildman–Crippen MR) is 118 cm³/mol. The summed E-state index contributed by atoms with van der Waals surface area (Å²) in [6.45, 7) is 7.55. The molecule has 5 nitrogen and oxygen atoms in total. The first-order chi connectivity index (χ1) is 14.2. The lowest BCUT2D eigenvalue weighted by Gasteiger charge is -2.33. The molecule has 4 rings (SSSR count). The Morgan fingerprint density at radius 2 is 1.79 bits per heavy atom. The summed E-state index contributed by atoms with van der Waals surface area (Å²) in [5.74, 6) is 1.31. The second kappa shape index (κ2) is 9.19. The number of likely N-dealkylation sites (tertiary alicyclic amines) is 1. The lowest BCUT2D eigenvalue weighted by atomic mass is 9.73. The molecule has 2 aliphatic heterocycles. The van der Waals surface area contributed by atoms with Gasteiger partial charge in [-0.1, -0.05) is 43.5 Å². The minimum Gasteiger partial charge on any atom is -0.357 e. The third-order valence-corrected chi connectivity index (χ3v) is 6.99. The fourth-order valence-corrected chi connectivity index (χ4v) is 5.33. The Kier molecular flexibility index (Phi) is 6.41. The molecule has 5 heteroatoms. The minimum absolute atomic E-state index is 0.253. The van der Waals surface area contributed by atoms with E-state index in [1.165, 1.54) is 49.7 Å². The molecule has 29 heavy (non-hydrogen) atoms. The Bertz CT molecular complexity index is 713. The van der Waals surface area contributed by atoms with E-state index in [9.17, 15) is 4.79 Å². The summed E-state index contributed by atoms with van der Waals surface area (Å²) in [4.78, 5) is 21.9. The maximum Gasteiger partial charge on any atom is 0.223 e. The van der Waals surface area contributed by atoms with Crippen LogP contribution in [0.5, 0.6) is 0 Å². The molecule has 1 N–H and O–H groups in total. The van der Waals surface area contributed by atoms with Crippen LogP contribution in [-0.4, -0.2) is 47.8 Å². The third-order valence-electron chi connectivity index (χ3n) is 6.99. The van der Waals surface area contributed by atoms with Crippen molar-refractivity contribution in [1.29, 1.82) is 0 Å². The highest BCUT2D eigenvalue weighted by Gasteiger charge is 2.39. The van der Waals surface area contributed by atoms with E-state index in [0.29, 0.717) is 11.8 Å². The van der Waals surface area contributed by atoms with Gasteiger partial charge in [-0.2, -0.15) is 0 Å². The first-order valence-electron chi connectivity index (χ1n) is 11.6. The van der Waals surface area contributed by atoms with E-state index < -0.39 is 0 Å². The zero-order chi connectivity index (χ0) is 20.1. The summed E-state index contributed by atoms with van der Waals surface area (Å²) in [5, 5.41) is 3.48. The standard InChI is InChI=1S/C24H36N4O/c1-2-25-23(27-16-14-24(19-27)12-6-3-7-13-24)26-15-8-11-22(29)28-17-20-9-4-5-10-21(20)18-28/h4-5,9-10H,2-3,6-8,11-19H2,1H3,(H,25,26). The van der Waals surface area contributed by atoms with Crippen molar-refractivity contribution in [2.24, 2.45) is 10.4 Å². The number of carbonyl (C=O) groups is 1. The van der Waals surface area contributed by atoms with Gasteiger partial charge in [0.15, 0.2) is 5.96 Å². The fraction of sp³-hybridized carbons (Fsp3) is 0.667. The summed E-state index contributed by atoms with van der Waals surface area (Å²) in [7, 11) is 0. The summed E-state index contributed by atoms with van der Waals surface area (Å²) in [6.07, 6.45) is 9.68. The van der Waals surface area contributed by atoms with Crippen LogP contribution in [0.1, 0.15) is 69.4 Å². The van der Waals surface area contributed by atoms with Crippen LogP contribution in [0.2, 0.25) is 0 Å². The van der Waals surface area contributed by atoms with Gasteiger partial charge in [-0.15, -0.1) is 0 Å². The number of nitrogens with one attached hydrogen (secondary N) is 1. The molecule has 0 unspecified atom stereocenters. The van der Waals surface area contributed by atoms with Crippen molar-refractivity contribution in [2.45, 2.75) is 71.4 Å². The summed E-state index contributed by atoms with van der Waals surface area (Å²) in [6, 6.07) is 8.37. The van der Waals surface area contributed by atoms with Gasteiger partial charge in [-0.3, -0.25) is 9.79 Å². The molecule has 158 valence electrons. The summed E-state index contributed by atoms with van der Waals surface area (Å²) < 4.78 is 0. The second-order valence-corrected chi connectivity index (χ2v) is 9.09. The van der Waals surface area contributed by atoms with Gasteiger partial charge in [0.1, 0.15) is 0 Å². The lowest BCUT2D eigenvalue weighted by Crippen LogP contribution is -2.41. The second-order valence-electron chi connectivity index (χ2n) is 9.09. The van der Waals surface area contributed by atoms with Gasteiger partial charge in [0.05, 0.1) is 0 Å². The van der Waals surface area contributed by atoms with E-state index in [0.717, 1.165) is 51.6 Å². The molecule has 0 radical (unpaired) electrons. The number of hydrogen-bond donors (Lipinski definition) is 1. The molecular formula is C24H36N4O. The van der Waals surface area contributed by atoms with Gasteiger partial charge in [-0.25, -0.2) is 0 Å². The number of nitrogens with zero attached hydrogens (tertiary/aromatic N) is 3. The van der Waals surface area contributed by atoms with E-state index in [1.54, 1.807) is 0 Å². The van der Waals surface area contributed by atoms with Crippen molar-refractivity contribution in [2.75, 3.05) is 26.2 Å². The zero-order valence-corrected chi connectivity index (χ0v) is 18.0. The average Bonchev–Trinajstić information content (AvgIpc) is 3.35. The highest BCUT2D eigenvalue weighted by Crippen LogP contribution is 2.43. The molecule has 1 aromatic carbocycles. The number of carbonyl (C=O) groups excluding carboxylic acids is 1. The van der Waals surface area contributed by atoms with Crippen LogP contribution >= 0.6 is 0 Å². The van der Waals surface area contributed by atoms with Crippen LogP contribution in [0.15, 0.2) is 29.3 Å². The van der Waals surface area contributed by atoms with Crippen molar-refractivity contribution >= 4 is 11.9 Å². The van der Waals surface area contributed by atoms with Crippen molar-refractivity contribution in [3.63, 3.8) is 0 Å². The summed E-state index contributed by atoms with van der Waals surface area (Å²) >= 11 is 0. The molecular weight excluding hydrogens is 360 g/mol. The van der Waals surface area contributed by atoms with Gasteiger partial charge >= 0.3 is 0 Å². The predicted octanol–water partition coefficient (Wildman–Crippen LogP) is 3.93. The molecule has 2 heterocycles. The Balaban J connectivity index is 1.25. The van der Waals surface area contributed by atoms with Crippen LogP contribution in [0, 0.1) is 5.41 Å². The third kappa shape index (κ3) is 4.76. The van der Waals surface area contributed by atoms with E-state index >= 15 is 0 Å². The van der Waals surface area contributed by atoms with Gasteiger partial charge < -0.3 is 15.1 Å². The smallest absolute Gasteiger partial charge is 0.223 e. The maximum absolute atomic E-state index is 12.6. The molecule has 1 saturated heterocycles. The minimum atomic E-state index is 0.253. The van der Waals surface area contributed by atoms with Crippen molar-refractivity contribution < 1.29 is 4.79 Å². The van der Waals surface area contributed by atoms with Crippen molar-refractivity contribution in [3.05, 3.63) is 35.4 Å². The number of amides is 1. The molecule has 0 bridgehead atoms. The largest absolute Gasteiger partial charge is 0.357 e. The first kappa shape index (κ1) is 20.2. The SMILES string of the molecule is CCNC(=NCCCC(=O)N1Cc2ccccc2C1)N1CCC2(CCCCC2)C1. The van der Waals surface area contributed by atoms with E-state index in [2.05, 4.69) is 41.4 Å². The number of aliphatic imine (C=N–C) groups is 1. The Morgan fingerprint density at radius 1 is 1.07 bits per heavy atom. The quantitative estimate of drug-likeness (QED) is 0.466. The lowest BCUT2D eigenvalue weighted by molar-refractivity contribution is -0.131. The molecule has 2 fully saturated rings. The molecule has 1 saturated carbocycles. The zero-order valence-electron chi connectivity index (χ0n) is 18.0. The average molecular weight is 397 g/mol. The fourth-order valence-electron chi connectivity index (χ4n) is 5.33. The molecule has 3 aliphatic rings. The Labute approximate surface area is 175 Å². The maximum atomic E-state index is 12.6. The van der Waals surface area contributed by atoms with Crippen molar-refractivity contribution in [3.8, 4) is 0 Å². The van der Waals surface area contributed by atoms with Crippen LogP contribution in [-0.2, 0) is 17.9 Å². The molecule has 1 amide bonds. The van der Waals surface area contributed by atoms with Crippen LogP contribution < -0.4 is 5.32 Å². The van der Waals surface area contributed by atoms with E-state index in [-0.39, 0.29) is 5.91 Å². The number of rotatable bonds is 5. The van der Waals surface area contributed by atoms with Crippen LogP contribution in [0.3, 0.4) is 0 Å². The molecule has 1 spiro atoms. The molecule has 0 aromatic heterocycles. The van der Waals surface area contributed by atoms with Gasteiger partial charge in [0.2, 0.25) is 5.91 Å². The van der Waals surface area contributed by atoms with Gasteiger partial charge in [0, 0.05) is 45.7 Å². The number of benzene rings is 1. The van der Waals surface area contributed by atoms with Gasteiger partial charge in [0.25, 0.3) is 0 Å². The number of guanidine groups is 1. The van der Waals surface area contributed by atoms with E-state index in [4.69, 9.17) is 4.99 Å². The topological polar surface area (TPSA) is 47.9 Å². The summed E-state index contributed by atoms with van der Waals surface area (Å²) in [5.41, 5.74) is 3.12. The monoisotopic (exact) mass is 396 g/mol. The van der Waals surface area contributed by atoms with Crippen LogP contribution in [0.25, 0.3) is 0 Å². The number of hydrogen-bond acceptors (Lipinski definition) is 2. The Hall–Kier alpha value is -2.04. The van der Waals surface area contributed by atoms with Crippen LogP contribution in [0.4, 0.5) is 0 Å². The van der Waals surface area contributed by atoms with E-state index in [1.807, 2.05) is 4.90 Å². The first-order valence-corrected chi connectivity index (χ1v) is 11.6. The number of fused-ring (bicyclic) bond motifs is 1. The molecule has 1 aliphatic carbocycles. The molecule has 0 atom stereocenters. The molecule has 1 aromatic rings. The highest BCUT2D eigenvalue weighted by atomic mass is 16.2.